The molecule has 3 aromatic carbocycles. The molecule has 0 heterocycles. The summed E-state index contributed by atoms with van der Waals surface area (Å²) in [4.78, 5) is 25.8. The fourth-order valence-electron chi connectivity index (χ4n) is 4.31. The highest BCUT2D eigenvalue weighted by Crippen LogP contribution is 2.27. The number of aryl methyl sites for hydroxylation is 2. The lowest BCUT2D eigenvalue weighted by atomic mass is 9.90. The molecule has 0 saturated heterocycles. The average molecular weight is 459 g/mol. The molecule has 2 amide bonds. The normalized spacial score (nSPS) is 12.4. The maximum atomic E-state index is 12.9. The van der Waals surface area contributed by atoms with Gasteiger partial charge in [0.15, 0.2) is 11.5 Å². The SMILES string of the molecule is COc1ccc(CCNC(=O)c2ccccc2NC(=O)c2ccc3c(c2)CCCC3)cc1OC. The highest BCUT2D eigenvalue weighted by Gasteiger charge is 2.16. The van der Waals surface area contributed by atoms with Crippen LogP contribution in [0.1, 0.15) is 50.2 Å². The molecule has 0 aliphatic heterocycles. The summed E-state index contributed by atoms with van der Waals surface area (Å²) < 4.78 is 10.6. The van der Waals surface area contributed by atoms with Crippen LogP contribution < -0.4 is 20.1 Å². The fraction of sp³-hybridized carbons (Fsp3) is 0.286. The number of carbonyl (C=O) groups is 2. The number of anilines is 1. The van der Waals surface area contributed by atoms with Crippen molar-refractivity contribution in [3.63, 3.8) is 0 Å². The molecule has 6 nitrogen and oxygen atoms in total. The van der Waals surface area contributed by atoms with Crippen molar-refractivity contribution >= 4 is 17.5 Å². The van der Waals surface area contributed by atoms with Crippen molar-refractivity contribution in [3.8, 4) is 11.5 Å². The fourth-order valence-corrected chi connectivity index (χ4v) is 4.31. The Labute approximate surface area is 200 Å². The Balaban J connectivity index is 1.40. The smallest absolute Gasteiger partial charge is 0.255 e. The Morgan fingerprint density at radius 2 is 1.59 bits per heavy atom. The standard InChI is InChI=1S/C28H30N2O4/c1-33-25-14-11-19(17-26(25)34-2)15-16-29-28(32)23-9-5-6-10-24(23)30-27(31)22-13-12-20-7-3-4-8-21(20)18-22/h5-6,9-14,17-18H,3-4,7-8,15-16H2,1-2H3,(H,29,32)(H,30,31). The lowest BCUT2D eigenvalue weighted by molar-refractivity contribution is 0.0955. The quantitative estimate of drug-likeness (QED) is 0.508. The van der Waals surface area contributed by atoms with E-state index in [1.165, 1.54) is 17.5 Å². The molecule has 0 bridgehead atoms. The second-order valence-electron chi connectivity index (χ2n) is 8.39. The molecule has 6 heteroatoms. The van der Waals surface area contributed by atoms with Gasteiger partial charge in [-0.3, -0.25) is 9.59 Å². The van der Waals surface area contributed by atoms with Crippen molar-refractivity contribution in [3.05, 3.63) is 88.5 Å². The van der Waals surface area contributed by atoms with Gasteiger partial charge in [0.25, 0.3) is 11.8 Å². The Kier molecular flexibility index (Phi) is 7.48. The molecule has 0 saturated carbocycles. The lowest BCUT2D eigenvalue weighted by Crippen LogP contribution is -2.27. The van der Waals surface area contributed by atoms with Crippen LogP contribution in [0, 0.1) is 0 Å². The third-order valence-electron chi connectivity index (χ3n) is 6.18. The summed E-state index contributed by atoms with van der Waals surface area (Å²) in [7, 11) is 3.19. The third kappa shape index (κ3) is 5.39. The maximum absolute atomic E-state index is 12.9. The van der Waals surface area contributed by atoms with Gasteiger partial charge in [-0.25, -0.2) is 0 Å². The van der Waals surface area contributed by atoms with E-state index in [0.29, 0.717) is 41.3 Å². The van der Waals surface area contributed by atoms with Crippen molar-refractivity contribution in [1.82, 2.24) is 5.32 Å². The van der Waals surface area contributed by atoms with Crippen LogP contribution in [0.25, 0.3) is 0 Å². The van der Waals surface area contributed by atoms with E-state index >= 15 is 0 Å². The number of para-hydroxylation sites is 1. The molecule has 1 aliphatic rings. The molecule has 0 radical (unpaired) electrons. The highest BCUT2D eigenvalue weighted by atomic mass is 16.5. The van der Waals surface area contributed by atoms with Gasteiger partial charge in [0.1, 0.15) is 0 Å². The molecule has 1 aliphatic carbocycles. The number of hydrogen-bond donors (Lipinski definition) is 2. The second-order valence-corrected chi connectivity index (χ2v) is 8.39. The predicted octanol–water partition coefficient (Wildman–Crippen LogP) is 4.81. The number of methoxy groups -OCH3 is 2. The summed E-state index contributed by atoms with van der Waals surface area (Å²) >= 11 is 0. The first-order chi connectivity index (χ1) is 16.6. The van der Waals surface area contributed by atoms with Crippen LogP contribution in [0.5, 0.6) is 11.5 Å². The van der Waals surface area contributed by atoms with Gasteiger partial charge >= 0.3 is 0 Å². The van der Waals surface area contributed by atoms with Crippen molar-refractivity contribution in [2.75, 3.05) is 26.1 Å². The molecular weight excluding hydrogens is 428 g/mol. The minimum atomic E-state index is -0.234. The van der Waals surface area contributed by atoms with E-state index < -0.39 is 0 Å². The van der Waals surface area contributed by atoms with Crippen LogP contribution in [0.15, 0.2) is 60.7 Å². The topological polar surface area (TPSA) is 76.7 Å². The van der Waals surface area contributed by atoms with Gasteiger partial charge in [-0.05, 0) is 85.2 Å². The first-order valence-electron chi connectivity index (χ1n) is 11.6. The Bertz CT molecular complexity index is 1190. The van der Waals surface area contributed by atoms with Gasteiger partial charge in [0, 0.05) is 12.1 Å². The van der Waals surface area contributed by atoms with Crippen LogP contribution in [0.2, 0.25) is 0 Å². The molecule has 0 aromatic heterocycles. The zero-order chi connectivity index (χ0) is 23.9. The van der Waals surface area contributed by atoms with Gasteiger partial charge in [-0.15, -0.1) is 0 Å². The third-order valence-corrected chi connectivity index (χ3v) is 6.18. The van der Waals surface area contributed by atoms with Crippen molar-refractivity contribution < 1.29 is 19.1 Å². The molecule has 0 fully saturated rings. The number of nitrogens with one attached hydrogen (secondary N) is 2. The highest BCUT2D eigenvalue weighted by molar-refractivity contribution is 6.09. The molecule has 176 valence electrons. The van der Waals surface area contributed by atoms with Crippen LogP contribution in [0.3, 0.4) is 0 Å². The number of ether oxygens (including phenoxy) is 2. The van der Waals surface area contributed by atoms with Crippen molar-refractivity contribution in [2.45, 2.75) is 32.1 Å². The second kappa shape index (κ2) is 10.9. The number of carbonyl (C=O) groups excluding carboxylic acids is 2. The van der Waals surface area contributed by atoms with Crippen LogP contribution >= 0.6 is 0 Å². The summed E-state index contributed by atoms with van der Waals surface area (Å²) in [5, 5.41) is 5.87. The molecular formula is C28H30N2O4. The monoisotopic (exact) mass is 458 g/mol. The molecule has 0 spiro atoms. The number of hydrogen-bond acceptors (Lipinski definition) is 4. The number of fused-ring (bicyclic) bond motifs is 1. The summed E-state index contributed by atoms with van der Waals surface area (Å²) in [6, 6.07) is 18.7. The van der Waals surface area contributed by atoms with Crippen LogP contribution in [-0.2, 0) is 19.3 Å². The minimum Gasteiger partial charge on any atom is -0.493 e. The Morgan fingerprint density at radius 1 is 0.824 bits per heavy atom. The Hall–Kier alpha value is -3.80. The molecule has 34 heavy (non-hydrogen) atoms. The molecule has 3 aromatic rings. The molecule has 0 atom stereocenters. The average Bonchev–Trinajstić information content (AvgIpc) is 2.88. The van der Waals surface area contributed by atoms with E-state index in [9.17, 15) is 9.59 Å². The summed E-state index contributed by atoms with van der Waals surface area (Å²) in [6.07, 6.45) is 5.08. The van der Waals surface area contributed by atoms with Gasteiger partial charge in [0.05, 0.1) is 25.5 Å². The van der Waals surface area contributed by atoms with Crippen LogP contribution in [0.4, 0.5) is 5.69 Å². The van der Waals surface area contributed by atoms with E-state index in [4.69, 9.17) is 9.47 Å². The lowest BCUT2D eigenvalue weighted by Gasteiger charge is -2.17. The predicted molar refractivity (Wildman–Crippen MR) is 133 cm³/mol. The Morgan fingerprint density at radius 3 is 2.38 bits per heavy atom. The summed E-state index contributed by atoms with van der Waals surface area (Å²) in [5.74, 6) is 0.876. The van der Waals surface area contributed by atoms with Crippen LogP contribution in [-0.4, -0.2) is 32.6 Å². The number of benzene rings is 3. The first kappa shape index (κ1) is 23.4. The zero-order valence-electron chi connectivity index (χ0n) is 19.6. The first-order valence-corrected chi connectivity index (χ1v) is 11.6. The van der Waals surface area contributed by atoms with Gasteiger partial charge in [-0.2, -0.15) is 0 Å². The minimum absolute atomic E-state index is 0.209. The molecule has 0 unspecified atom stereocenters. The van der Waals surface area contributed by atoms with E-state index in [-0.39, 0.29) is 11.8 Å². The maximum Gasteiger partial charge on any atom is 0.255 e. The van der Waals surface area contributed by atoms with E-state index in [1.54, 1.807) is 32.4 Å². The van der Waals surface area contributed by atoms with Gasteiger partial charge < -0.3 is 20.1 Å². The summed E-state index contributed by atoms with van der Waals surface area (Å²) in [5.41, 5.74) is 5.14. The van der Waals surface area contributed by atoms with Gasteiger partial charge in [0.2, 0.25) is 0 Å². The van der Waals surface area contributed by atoms with E-state index in [1.807, 2.05) is 36.4 Å². The van der Waals surface area contributed by atoms with Gasteiger partial charge in [-0.1, -0.05) is 24.3 Å². The van der Waals surface area contributed by atoms with Crippen molar-refractivity contribution in [2.24, 2.45) is 0 Å². The molecule has 2 N–H and O–H groups in total. The largest absolute Gasteiger partial charge is 0.493 e. The summed E-state index contributed by atoms with van der Waals surface area (Å²) in [6.45, 7) is 0.446. The molecule has 4 rings (SSSR count). The van der Waals surface area contributed by atoms with Crippen molar-refractivity contribution in [1.29, 1.82) is 0 Å². The van der Waals surface area contributed by atoms with E-state index in [0.717, 1.165) is 24.8 Å². The van der Waals surface area contributed by atoms with E-state index in [2.05, 4.69) is 16.7 Å². The number of amides is 2. The number of rotatable bonds is 8. The zero-order valence-corrected chi connectivity index (χ0v) is 19.6.